The highest BCUT2D eigenvalue weighted by molar-refractivity contribution is 9.10. The van der Waals surface area contributed by atoms with Crippen molar-refractivity contribution in [2.45, 2.75) is 13.3 Å². The van der Waals surface area contributed by atoms with E-state index in [1.807, 2.05) is 25.1 Å². The summed E-state index contributed by atoms with van der Waals surface area (Å²) in [5.41, 5.74) is 7.20. The van der Waals surface area contributed by atoms with Gasteiger partial charge in [-0.05, 0) is 40.5 Å². The SMILES string of the molecule is Cc1ccc(NCCC(N)=O)c(Br)c1. The van der Waals surface area contributed by atoms with Crippen molar-refractivity contribution >= 4 is 27.5 Å². The number of hydrogen-bond acceptors (Lipinski definition) is 2. The van der Waals surface area contributed by atoms with Gasteiger partial charge in [-0.3, -0.25) is 4.79 Å². The second-order valence-corrected chi connectivity index (χ2v) is 3.98. The van der Waals surface area contributed by atoms with E-state index in [-0.39, 0.29) is 5.91 Å². The van der Waals surface area contributed by atoms with E-state index >= 15 is 0 Å². The Bertz CT molecular complexity index is 339. The number of halogens is 1. The summed E-state index contributed by atoms with van der Waals surface area (Å²) in [5.74, 6) is -0.291. The Morgan fingerprint density at radius 1 is 1.57 bits per heavy atom. The molecule has 76 valence electrons. The lowest BCUT2D eigenvalue weighted by atomic mass is 10.2. The average Bonchev–Trinajstić information content (AvgIpc) is 2.08. The number of primary amides is 1. The molecule has 1 rings (SSSR count). The molecule has 3 nitrogen and oxygen atoms in total. The van der Waals surface area contributed by atoms with Crippen molar-refractivity contribution in [3.63, 3.8) is 0 Å². The Kier molecular flexibility index (Phi) is 3.95. The molecule has 14 heavy (non-hydrogen) atoms. The van der Waals surface area contributed by atoms with Crippen LogP contribution in [-0.2, 0) is 4.79 Å². The molecular formula is C10H13BrN2O. The van der Waals surface area contributed by atoms with E-state index in [2.05, 4.69) is 21.2 Å². The topological polar surface area (TPSA) is 55.1 Å². The lowest BCUT2D eigenvalue weighted by Gasteiger charge is -2.07. The van der Waals surface area contributed by atoms with Gasteiger partial charge in [0.05, 0.1) is 0 Å². The molecule has 0 bridgehead atoms. The summed E-state index contributed by atoms with van der Waals surface area (Å²) in [6, 6.07) is 6.00. The van der Waals surface area contributed by atoms with E-state index in [4.69, 9.17) is 5.73 Å². The highest BCUT2D eigenvalue weighted by Crippen LogP contribution is 2.22. The number of nitrogens with two attached hydrogens (primary N) is 1. The fourth-order valence-corrected chi connectivity index (χ4v) is 1.72. The first-order valence-corrected chi connectivity index (χ1v) is 5.17. The highest BCUT2D eigenvalue weighted by Gasteiger charge is 1.99. The maximum Gasteiger partial charge on any atom is 0.219 e. The predicted octanol–water partition coefficient (Wildman–Crippen LogP) is 2.04. The highest BCUT2D eigenvalue weighted by atomic mass is 79.9. The smallest absolute Gasteiger partial charge is 0.219 e. The standard InChI is InChI=1S/C10H13BrN2O/c1-7-2-3-9(8(11)6-7)13-5-4-10(12)14/h2-3,6,13H,4-5H2,1H3,(H2,12,14). The zero-order chi connectivity index (χ0) is 10.6. The van der Waals surface area contributed by atoms with Crippen LogP contribution in [0.15, 0.2) is 22.7 Å². The molecule has 0 spiro atoms. The number of benzene rings is 1. The Morgan fingerprint density at radius 2 is 2.29 bits per heavy atom. The zero-order valence-corrected chi connectivity index (χ0v) is 9.60. The molecule has 4 heteroatoms. The molecular weight excluding hydrogens is 244 g/mol. The molecule has 1 aromatic carbocycles. The molecule has 0 saturated heterocycles. The molecule has 0 aliphatic rings. The summed E-state index contributed by atoms with van der Waals surface area (Å²) >= 11 is 3.44. The Hall–Kier alpha value is -1.03. The van der Waals surface area contributed by atoms with Crippen LogP contribution < -0.4 is 11.1 Å². The normalized spacial score (nSPS) is 9.86. The van der Waals surface area contributed by atoms with Crippen LogP contribution in [0.5, 0.6) is 0 Å². The summed E-state index contributed by atoms with van der Waals surface area (Å²) in [4.78, 5) is 10.5. The molecule has 0 atom stereocenters. The zero-order valence-electron chi connectivity index (χ0n) is 8.01. The second kappa shape index (κ2) is 5.00. The molecule has 3 N–H and O–H groups in total. The molecule has 0 radical (unpaired) electrons. The van der Waals surface area contributed by atoms with E-state index in [1.165, 1.54) is 5.56 Å². The molecule has 0 unspecified atom stereocenters. The first-order chi connectivity index (χ1) is 6.59. The van der Waals surface area contributed by atoms with Crippen LogP contribution in [0.2, 0.25) is 0 Å². The second-order valence-electron chi connectivity index (χ2n) is 3.13. The van der Waals surface area contributed by atoms with E-state index in [1.54, 1.807) is 0 Å². The number of amides is 1. The van der Waals surface area contributed by atoms with Crippen molar-refractivity contribution in [1.82, 2.24) is 0 Å². The molecule has 0 aliphatic heterocycles. The number of nitrogens with one attached hydrogen (secondary N) is 1. The van der Waals surface area contributed by atoms with E-state index in [0.717, 1.165) is 10.2 Å². The van der Waals surface area contributed by atoms with Gasteiger partial charge in [0, 0.05) is 23.1 Å². The van der Waals surface area contributed by atoms with Crippen LogP contribution in [0, 0.1) is 6.92 Å². The summed E-state index contributed by atoms with van der Waals surface area (Å²) in [7, 11) is 0. The van der Waals surface area contributed by atoms with Gasteiger partial charge in [-0.1, -0.05) is 6.07 Å². The van der Waals surface area contributed by atoms with Crippen LogP contribution in [0.4, 0.5) is 5.69 Å². The molecule has 1 aromatic rings. The number of anilines is 1. The van der Waals surface area contributed by atoms with Gasteiger partial charge in [0.25, 0.3) is 0 Å². The van der Waals surface area contributed by atoms with Crippen LogP contribution in [-0.4, -0.2) is 12.5 Å². The minimum absolute atomic E-state index is 0.291. The van der Waals surface area contributed by atoms with E-state index < -0.39 is 0 Å². The minimum atomic E-state index is -0.291. The summed E-state index contributed by atoms with van der Waals surface area (Å²) in [5, 5.41) is 3.12. The Balaban J connectivity index is 2.55. The molecule has 0 aliphatic carbocycles. The van der Waals surface area contributed by atoms with Gasteiger partial charge in [-0.25, -0.2) is 0 Å². The molecule has 0 fully saturated rings. The number of carbonyl (C=O) groups is 1. The van der Waals surface area contributed by atoms with Gasteiger partial charge in [-0.15, -0.1) is 0 Å². The van der Waals surface area contributed by atoms with Crippen molar-refractivity contribution in [1.29, 1.82) is 0 Å². The fourth-order valence-electron chi connectivity index (χ4n) is 1.08. The van der Waals surface area contributed by atoms with Gasteiger partial charge in [-0.2, -0.15) is 0 Å². The summed E-state index contributed by atoms with van der Waals surface area (Å²) in [6.45, 7) is 2.59. The van der Waals surface area contributed by atoms with Gasteiger partial charge in [0.1, 0.15) is 0 Å². The number of rotatable bonds is 4. The minimum Gasteiger partial charge on any atom is -0.384 e. The van der Waals surface area contributed by atoms with Gasteiger partial charge in [0.2, 0.25) is 5.91 Å². The third kappa shape index (κ3) is 3.38. The van der Waals surface area contributed by atoms with Crippen molar-refractivity contribution in [2.24, 2.45) is 5.73 Å². The Morgan fingerprint density at radius 3 is 2.86 bits per heavy atom. The lowest BCUT2D eigenvalue weighted by molar-refractivity contribution is -0.117. The molecule has 0 saturated carbocycles. The average molecular weight is 257 g/mol. The number of aryl methyl sites for hydroxylation is 1. The lowest BCUT2D eigenvalue weighted by Crippen LogP contribution is -2.15. The quantitative estimate of drug-likeness (QED) is 0.867. The monoisotopic (exact) mass is 256 g/mol. The summed E-state index contributed by atoms with van der Waals surface area (Å²) < 4.78 is 1.00. The largest absolute Gasteiger partial charge is 0.384 e. The number of carbonyl (C=O) groups excluding carboxylic acids is 1. The molecule has 1 amide bonds. The van der Waals surface area contributed by atoms with Gasteiger partial charge < -0.3 is 11.1 Å². The molecule has 0 aromatic heterocycles. The van der Waals surface area contributed by atoms with Crippen molar-refractivity contribution < 1.29 is 4.79 Å². The third-order valence-electron chi connectivity index (χ3n) is 1.81. The third-order valence-corrected chi connectivity index (χ3v) is 2.47. The van der Waals surface area contributed by atoms with Gasteiger partial charge in [0.15, 0.2) is 0 Å². The predicted molar refractivity (Wildman–Crippen MR) is 61.2 cm³/mol. The van der Waals surface area contributed by atoms with Crippen molar-refractivity contribution in [2.75, 3.05) is 11.9 Å². The maximum absolute atomic E-state index is 10.5. The van der Waals surface area contributed by atoms with Gasteiger partial charge >= 0.3 is 0 Å². The molecule has 0 heterocycles. The van der Waals surface area contributed by atoms with Crippen molar-refractivity contribution in [3.8, 4) is 0 Å². The van der Waals surface area contributed by atoms with Crippen LogP contribution in [0.1, 0.15) is 12.0 Å². The van der Waals surface area contributed by atoms with Crippen molar-refractivity contribution in [3.05, 3.63) is 28.2 Å². The first kappa shape index (κ1) is 11.0. The van der Waals surface area contributed by atoms with Crippen LogP contribution >= 0.6 is 15.9 Å². The van der Waals surface area contributed by atoms with E-state index in [0.29, 0.717) is 13.0 Å². The number of hydrogen-bond donors (Lipinski definition) is 2. The van der Waals surface area contributed by atoms with E-state index in [9.17, 15) is 4.79 Å². The van der Waals surface area contributed by atoms with Crippen LogP contribution in [0.25, 0.3) is 0 Å². The maximum atomic E-state index is 10.5. The fraction of sp³-hybridized carbons (Fsp3) is 0.300. The summed E-state index contributed by atoms with van der Waals surface area (Å²) in [6.07, 6.45) is 0.348. The van der Waals surface area contributed by atoms with Crippen LogP contribution in [0.3, 0.4) is 0 Å². The Labute approximate surface area is 91.8 Å². The first-order valence-electron chi connectivity index (χ1n) is 4.38.